The minimum Gasteiger partial charge on any atom is -0.456 e. The standard InChI is InChI=1S/C43H23N3OS/c1-2-12-27-26(11-1)29-15-7-10-24-22-25(23-34(27)38(24)29)41-44-42(32-17-9-20-36-39(32)31-14-3-5-19-35(31)47-36)46-43(45-41)33-18-8-16-30-28-13-4-6-21-37(28)48-40(30)33/h1-23H. The summed E-state index contributed by atoms with van der Waals surface area (Å²) in [5.41, 5.74) is 9.53. The topological polar surface area (TPSA) is 51.8 Å². The number of furan rings is 1. The summed E-state index contributed by atoms with van der Waals surface area (Å²) in [5, 5.41) is 6.96. The highest BCUT2D eigenvalue weighted by Crippen LogP contribution is 2.49. The number of rotatable bonds is 3. The highest BCUT2D eigenvalue weighted by atomic mass is 32.1. The van der Waals surface area contributed by atoms with E-state index in [0.29, 0.717) is 17.5 Å². The average molecular weight is 630 g/mol. The molecule has 0 saturated carbocycles. The fraction of sp³-hybridized carbons (Fsp3) is 0. The summed E-state index contributed by atoms with van der Waals surface area (Å²) in [6, 6.07) is 49.0. The van der Waals surface area contributed by atoms with Gasteiger partial charge in [0.25, 0.3) is 0 Å². The Morgan fingerprint density at radius 1 is 0.417 bits per heavy atom. The van der Waals surface area contributed by atoms with Gasteiger partial charge in [0.2, 0.25) is 0 Å². The van der Waals surface area contributed by atoms with Crippen LogP contribution >= 0.6 is 11.3 Å². The van der Waals surface area contributed by atoms with Gasteiger partial charge in [-0.15, -0.1) is 11.3 Å². The fourth-order valence-corrected chi connectivity index (χ4v) is 8.79. The van der Waals surface area contributed by atoms with E-state index in [2.05, 4.69) is 109 Å². The molecule has 4 nitrogen and oxygen atoms in total. The van der Waals surface area contributed by atoms with Gasteiger partial charge in [-0.1, -0.05) is 103 Å². The maximum Gasteiger partial charge on any atom is 0.165 e. The number of para-hydroxylation sites is 1. The van der Waals surface area contributed by atoms with Gasteiger partial charge in [0, 0.05) is 47.6 Å². The Bertz CT molecular complexity index is 2970. The molecule has 3 aromatic heterocycles. The molecule has 5 heteroatoms. The first-order valence-electron chi connectivity index (χ1n) is 16.0. The van der Waals surface area contributed by atoms with Gasteiger partial charge in [-0.2, -0.15) is 0 Å². The first-order chi connectivity index (χ1) is 23.8. The minimum absolute atomic E-state index is 0.621. The van der Waals surface area contributed by atoms with Crippen LogP contribution in [0.1, 0.15) is 0 Å². The molecule has 48 heavy (non-hydrogen) atoms. The van der Waals surface area contributed by atoms with Crippen LogP contribution in [0.5, 0.6) is 0 Å². The van der Waals surface area contributed by atoms with Gasteiger partial charge in [-0.25, -0.2) is 15.0 Å². The van der Waals surface area contributed by atoms with Crippen molar-refractivity contribution in [2.45, 2.75) is 0 Å². The molecule has 0 spiro atoms. The molecule has 1 aliphatic rings. The smallest absolute Gasteiger partial charge is 0.165 e. The summed E-state index contributed by atoms with van der Waals surface area (Å²) in [5.74, 6) is 1.92. The van der Waals surface area contributed by atoms with Crippen LogP contribution in [0.15, 0.2) is 144 Å². The van der Waals surface area contributed by atoms with Crippen molar-refractivity contribution in [2.24, 2.45) is 0 Å². The number of aromatic nitrogens is 3. The molecule has 3 heterocycles. The van der Waals surface area contributed by atoms with Crippen LogP contribution in [0, 0.1) is 0 Å². The van der Waals surface area contributed by atoms with Crippen molar-refractivity contribution in [3.05, 3.63) is 140 Å². The average Bonchev–Trinajstić information content (AvgIpc) is 3.82. The monoisotopic (exact) mass is 629 g/mol. The van der Waals surface area contributed by atoms with Crippen molar-refractivity contribution in [2.75, 3.05) is 0 Å². The first kappa shape index (κ1) is 26.0. The summed E-state index contributed by atoms with van der Waals surface area (Å²) < 4.78 is 8.70. The molecule has 222 valence electrons. The van der Waals surface area contributed by atoms with Gasteiger partial charge in [0.1, 0.15) is 11.2 Å². The zero-order chi connectivity index (χ0) is 31.3. The largest absolute Gasteiger partial charge is 0.456 e. The lowest BCUT2D eigenvalue weighted by molar-refractivity contribution is 0.669. The Balaban J connectivity index is 1.22. The van der Waals surface area contributed by atoms with Gasteiger partial charge < -0.3 is 4.42 Å². The Kier molecular flexibility index (Phi) is 5.23. The van der Waals surface area contributed by atoms with E-state index >= 15 is 0 Å². The number of nitrogens with zero attached hydrogens (tertiary/aromatic N) is 3. The molecule has 10 aromatic rings. The van der Waals surface area contributed by atoms with Crippen molar-refractivity contribution in [3.8, 4) is 56.4 Å². The lowest BCUT2D eigenvalue weighted by Gasteiger charge is -2.11. The number of hydrogen-bond donors (Lipinski definition) is 0. The van der Waals surface area contributed by atoms with Crippen LogP contribution in [0.25, 0.3) is 109 Å². The number of benzene rings is 7. The van der Waals surface area contributed by atoms with Gasteiger partial charge in [-0.05, 0) is 69.4 Å². The molecule has 7 aromatic carbocycles. The van der Waals surface area contributed by atoms with Gasteiger partial charge in [0.05, 0.1) is 0 Å². The summed E-state index contributed by atoms with van der Waals surface area (Å²) in [6.45, 7) is 0. The summed E-state index contributed by atoms with van der Waals surface area (Å²) in [7, 11) is 0. The van der Waals surface area contributed by atoms with E-state index in [0.717, 1.165) is 38.6 Å². The second-order valence-corrected chi connectivity index (χ2v) is 13.4. The third-order valence-corrected chi connectivity index (χ3v) is 10.9. The van der Waals surface area contributed by atoms with Crippen LogP contribution in [-0.2, 0) is 0 Å². The molecule has 0 radical (unpaired) electrons. The summed E-state index contributed by atoms with van der Waals surface area (Å²) >= 11 is 1.78. The highest BCUT2D eigenvalue weighted by Gasteiger charge is 2.24. The summed E-state index contributed by atoms with van der Waals surface area (Å²) in [4.78, 5) is 15.8. The van der Waals surface area contributed by atoms with Gasteiger partial charge >= 0.3 is 0 Å². The highest BCUT2D eigenvalue weighted by molar-refractivity contribution is 7.26. The number of fused-ring (bicyclic) bond motifs is 9. The zero-order valence-electron chi connectivity index (χ0n) is 25.4. The predicted octanol–water partition coefficient (Wildman–Crippen LogP) is 11.9. The molecule has 0 saturated heterocycles. The third-order valence-electron chi connectivity index (χ3n) is 9.67. The normalized spacial score (nSPS) is 12.2. The SMILES string of the molecule is c1ccc2c(c1)-c1cccc3cc(-c4nc(-c5cccc6c5sc5ccccc56)nc(-c5cccc6oc7ccccc7c56)n4)cc-2c13. The zero-order valence-corrected chi connectivity index (χ0v) is 26.3. The maximum atomic E-state index is 6.28. The van der Waals surface area contributed by atoms with Crippen LogP contribution in [0.2, 0.25) is 0 Å². The molecule has 11 rings (SSSR count). The molecule has 0 unspecified atom stereocenters. The van der Waals surface area contributed by atoms with Crippen molar-refractivity contribution in [1.82, 2.24) is 15.0 Å². The van der Waals surface area contributed by atoms with Gasteiger partial charge in [0.15, 0.2) is 17.5 Å². The molecular formula is C43H23N3OS. The van der Waals surface area contributed by atoms with E-state index in [1.54, 1.807) is 11.3 Å². The second-order valence-electron chi connectivity index (χ2n) is 12.3. The predicted molar refractivity (Wildman–Crippen MR) is 198 cm³/mol. The lowest BCUT2D eigenvalue weighted by Crippen LogP contribution is -2.01. The van der Waals surface area contributed by atoms with Crippen LogP contribution in [-0.4, -0.2) is 15.0 Å². The molecule has 1 aliphatic carbocycles. The Morgan fingerprint density at radius 3 is 1.96 bits per heavy atom. The van der Waals surface area contributed by atoms with E-state index in [1.165, 1.54) is 53.2 Å². The number of thiophene rings is 1. The molecule has 0 atom stereocenters. The Morgan fingerprint density at radius 2 is 1.04 bits per heavy atom. The molecule has 0 N–H and O–H groups in total. The van der Waals surface area contributed by atoms with Crippen molar-refractivity contribution in [3.63, 3.8) is 0 Å². The molecule has 0 fully saturated rings. The van der Waals surface area contributed by atoms with Crippen molar-refractivity contribution >= 4 is 64.2 Å². The van der Waals surface area contributed by atoms with Crippen LogP contribution in [0.4, 0.5) is 0 Å². The molecule has 0 bridgehead atoms. The van der Waals surface area contributed by atoms with Crippen molar-refractivity contribution < 1.29 is 4.42 Å². The summed E-state index contributed by atoms with van der Waals surface area (Å²) in [6.07, 6.45) is 0. The molecule has 0 amide bonds. The van der Waals surface area contributed by atoms with E-state index in [-0.39, 0.29) is 0 Å². The maximum absolute atomic E-state index is 6.28. The van der Waals surface area contributed by atoms with Crippen LogP contribution < -0.4 is 0 Å². The molecular weight excluding hydrogens is 607 g/mol. The lowest BCUT2D eigenvalue weighted by atomic mass is 9.99. The van der Waals surface area contributed by atoms with E-state index < -0.39 is 0 Å². The van der Waals surface area contributed by atoms with E-state index in [1.807, 2.05) is 30.3 Å². The second kappa shape index (κ2) is 9.67. The quantitative estimate of drug-likeness (QED) is 0.195. The van der Waals surface area contributed by atoms with Crippen LogP contribution in [0.3, 0.4) is 0 Å². The number of hydrogen-bond acceptors (Lipinski definition) is 5. The fourth-order valence-electron chi connectivity index (χ4n) is 7.58. The Labute approximate surface area is 278 Å². The van der Waals surface area contributed by atoms with E-state index in [4.69, 9.17) is 19.4 Å². The third kappa shape index (κ3) is 3.62. The van der Waals surface area contributed by atoms with E-state index in [9.17, 15) is 0 Å². The Hall–Kier alpha value is -6.17. The van der Waals surface area contributed by atoms with Gasteiger partial charge in [-0.3, -0.25) is 0 Å². The van der Waals surface area contributed by atoms with Crippen molar-refractivity contribution in [1.29, 1.82) is 0 Å². The minimum atomic E-state index is 0.621. The molecule has 0 aliphatic heterocycles. The first-order valence-corrected chi connectivity index (χ1v) is 16.8.